The molecule has 6 heteroatoms. The number of nitrogens with zero attached hydrogens (tertiary/aromatic N) is 2. The van der Waals surface area contributed by atoms with Crippen LogP contribution in [-0.4, -0.2) is 42.1 Å². The van der Waals surface area contributed by atoms with E-state index in [0.29, 0.717) is 24.1 Å². The average molecular weight is 284 g/mol. The predicted octanol–water partition coefficient (Wildman–Crippen LogP) is 2.27. The van der Waals surface area contributed by atoms with Gasteiger partial charge in [0.1, 0.15) is 0 Å². The summed E-state index contributed by atoms with van der Waals surface area (Å²) in [5, 5.41) is 4.37. The number of anilines is 2. The molecular weight excluding hydrogens is 260 g/mol. The predicted molar refractivity (Wildman–Crippen MR) is 81.0 cm³/mol. The van der Waals surface area contributed by atoms with Gasteiger partial charge in [-0.05, 0) is 50.3 Å². The number of nitrogen functional groups attached to an aromatic ring is 1. The lowest BCUT2D eigenvalue weighted by atomic mass is 10.1. The first-order valence-corrected chi connectivity index (χ1v) is 7.82. The van der Waals surface area contributed by atoms with Crippen molar-refractivity contribution in [1.29, 1.82) is 0 Å². The van der Waals surface area contributed by atoms with Crippen LogP contribution in [0.4, 0.5) is 10.8 Å². The van der Waals surface area contributed by atoms with E-state index >= 15 is 0 Å². The summed E-state index contributed by atoms with van der Waals surface area (Å²) in [7, 11) is 0. The van der Waals surface area contributed by atoms with Crippen molar-refractivity contribution >= 4 is 22.4 Å². The van der Waals surface area contributed by atoms with Crippen molar-refractivity contribution < 1.29 is 4.74 Å². The molecular formula is C13H24N4OS. The Balaban J connectivity index is 1.80. The molecule has 0 saturated carbocycles. The normalized spacial score (nSPS) is 17.6. The Bertz CT molecular complexity index is 390. The third-order valence-corrected chi connectivity index (χ3v) is 4.14. The molecule has 0 radical (unpaired) electrons. The highest BCUT2D eigenvalue weighted by atomic mass is 32.1. The lowest BCUT2D eigenvalue weighted by Gasteiger charge is -2.20. The Hall–Kier alpha value is -1.01. The van der Waals surface area contributed by atoms with E-state index in [1.165, 1.54) is 37.5 Å². The number of nitrogens with two attached hydrogens (primary N) is 1. The first kappa shape index (κ1) is 14.4. The molecule has 2 heterocycles. The Labute approximate surface area is 119 Å². The van der Waals surface area contributed by atoms with Gasteiger partial charge in [-0.2, -0.15) is 4.37 Å². The molecule has 19 heavy (non-hydrogen) atoms. The first-order chi connectivity index (χ1) is 9.20. The molecule has 3 N–H and O–H groups in total. The number of aromatic nitrogens is 1. The molecule has 0 aromatic carbocycles. The van der Waals surface area contributed by atoms with Crippen molar-refractivity contribution in [2.24, 2.45) is 5.92 Å². The van der Waals surface area contributed by atoms with Crippen LogP contribution in [0.1, 0.15) is 26.7 Å². The summed E-state index contributed by atoms with van der Waals surface area (Å²) in [6.45, 7) is 9.43. The number of hydrogen-bond acceptors (Lipinski definition) is 6. The minimum Gasteiger partial charge on any atom is -0.487 e. The number of hydrogen-bond donors (Lipinski definition) is 2. The van der Waals surface area contributed by atoms with Crippen molar-refractivity contribution in [2.75, 3.05) is 43.8 Å². The highest BCUT2D eigenvalue weighted by Crippen LogP contribution is 2.35. The van der Waals surface area contributed by atoms with Crippen LogP contribution in [0.2, 0.25) is 0 Å². The summed E-state index contributed by atoms with van der Waals surface area (Å²) in [5.74, 6) is 1.80. The number of rotatable bonds is 7. The first-order valence-electron chi connectivity index (χ1n) is 7.04. The fourth-order valence-corrected chi connectivity index (χ4v) is 3.09. The van der Waals surface area contributed by atoms with Crippen molar-refractivity contribution in [3.05, 3.63) is 0 Å². The van der Waals surface area contributed by atoms with E-state index in [9.17, 15) is 0 Å². The Morgan fingerprint density at radius 1 is 1.47 bits per heavy atom. The fraction of sp³-hybridized carbons (Fsp3) is 0.769. The van der Waals surface area contributed by atoms with Crippen LogP contribution >= 0.6 is 11.5 Å². The van der Waals surface area contributed by atoms with Gasteiger partial charge in [-0.1, -0.05) is 6.92 Å². The lowest BCUT2D eigenvalue weighted by molar-refractivity contribution is 0.294. The average Bonchev–Trinajstić information content (AvgIpc) is 3.00. The molecule has 2 rings (SSSR count). The van der Waals surface area contributed by atoms with Gasteiger partial charge in [0.2, 0.25) is 0 Å². The number of likely N-dealkylation sites (tertiary alicyclic amines) is 1. The van der Waals surface area contributed by atoms with E-state index in [1.54, 1.807) is 0 Å². The molecule has 1 saturated heterocycles. The molecule has 1 unspecified atom stereocenters. The van der Waals surface area contributed by atoms with Gasteiger partial charge in [0.15, 0.2) is 16.6 Å². The molecule has 1 aromatic rings. The lowest BCUT2D eigenvalue weighted by Crippen LogP contribution is -2.28. The van der Waals surface area contributed by atoms with Crippen molar-refractivity contribution in [3.63, 3.8) is 0 Å². The maximum absolute atomic E-state index is 5.79. The smallest absolute Gasteiger partial charge is 0.197 e. The second kappa shape index (κ2) is 6.96. The molecule has 0 bridgehead atoms. The van der Waals surface area contributed by atoms with E-state index in [2.05, 4.69) is 21.5 Å². The molecule has 0 aliphatic carbocycles. The second-order valence-electron chi connectivity index (χ2n) is 5.15. The Morgan fingerprint density at radius 3 is 2.89 bits per heavy atom. The van der Waals surface area contributed by atoms with E-state index in [-0.39, 0.29) is 0 Å². The summed E-state index contributed by atoms with van der Waals surface area (Å²) in [6.07, 6.45) is 2.69. The summed E-state index contributed by atoms with van der Waals surface area (Å²) >= 11 is 1.38. The quantitative estimate of drug-likeness (QED) is 0.804. The van der Waals surface area contributed by atoms with Gasteiger partial charge in [0.25, 0.3) is 0 Å². The Kier molecular flexibility index (Phi) is 5.27. The third kappa shape index (κ3) is 3.98. The van der Waals surface area contributed by atoms with Crippen molar-refractivity contribution in [3.8, 4) is 5.75 Å². The van der Waals surface area contributed by atoms with Gasteiger partial charge in [-0.25, -0.2) is 0 Å². The van der Waals surface area contributed by atoms with Crippen molar-refractivity contribution in [2.45, 2.75) is 26.7 Å². The van der Waals surface area contributed by atoms with E-state index < -0.39 is 0 Å². The summed E-state index contributed by atoms with van der Waals surface area (Å²) in [4.78, 5) is 2.54. The maximum Gasteiger partial charge on any atom is 0.197 e. The van der Waals surface area contributed by atoms with Gasteiger partial charge in [-0.3, -0.25) is 0 Å². The van der Waals surface area contributed by atoms with Crippen molar-refractivity contribution in [1.82, 2.24) is 9.27 Å². The molecule has 1 atom stereocenters. The largest absolute Gasteiger partial charge is 0.487 e. The summed E-state index contributed by atoms with van der Waals surface area (Å²) in [5.41, 5.74) is 5.79. The topological polar surface area (TPSA) is 63.4 Å². The monoisotopic (exact) mass is 284 g/mol. The summed E-state index contributed by atoms with van der Waals surface area (Å²) < 4.78 is 9.66. The van der Waals surface area contributed by atoms with Gasteiger partial charge >= 0.3 is 0 Å². The highest BCUT2D eigenvalue weighted by Gasteiger charge is 2.16. The van der Waals surface area contributed by atoms with Crippen LogP contribution in [0.25, 0.3) is 0 Å². The van der Waals surface area contributed by atoms with Crippen LogP contribution < -0.4 is 15.8 Å². The molecule has 1 aromatic heterocycles. The SMILES string of the molecule is CCOc1c(N)nsc1NCC(C)CN1CCCC1. The molecule has 0 spiro atoms. The highest BCUT2D eigenvalue weighted by molar-refractivity contribution is 7.11. The van der Waals surface area contributed by atoms with Crippen LogP contribution in [0, 0.1) is 5.92 Å². The van der Waals surface area contributed by atoms with Crippen LogP contribution in [0.3, 0.4) is 0 Å². The van der Waals surface area contributed by atoms with Crippen LogP contribution in [0.5, 0.6) is 5.75 Å². The fourth-order valence-electron chi connectivity index (χ4n) is 2.43. The summed E-state index contributed by atoms with van der Waals surface area (Å²) in [6, 6.07) is 0. The van der Waals surface area contributed by atoms with E-state index in [0.717, 1.165) is 18.1 Å². The molecule has 0 amide bonds. The maximum atomic E-state index is 5.79. The van der Waals surface area contributed by atoms with Gasteiger partial charge in [-0.15, -0.1) is 0 Å². The second-order valence-corrected chi connectivity index (χ2v) is 5.93. The van der Waals surface area contributed by atoms with Gasteiger partial charge in [0.05, 0.1) is 6.61 Å². The standard InChI is InChI=1S/C13H24N4OS/c1-3-18-11-12(14)16-19-13(11)15-8-10(2)9-17-6-4-5-7-17/h10,15H,3-9H2,1-2H3,(H2,14,16). The van der Waals surface area contributed by atoms with E-state index in [4.69, 9.17) is 10.5 Å². The molecule has 1 fully saturated rings. The zero-order valence-electron chi connectivity index (χ0n) is 11.8. The molecule has 108 valence electrons. The number of nitrogens with one attached hydrogen (secondary N) is 1. The van der Waals surface area contributed by atoms with E-state index in [1.807, 2.05) is 6.92 Å². The minimum absolute atomic E-state index is 0.488. The van der Waals surface area contributed by atoms with Crippen LogP contribution in [0.15, 0.2) is 0 Å². The molecule has 1 aliphatic heterocycles. The number of ether oxygens (including phenoxy) is 1. The van der Waals surface area contributed by atoms with Gasteiger partial charge in [0, 0.05) is 13.1 Å². The molecule has 1 aliphatic rings. The Morgan fingerprint density at radius 2 is 2.21 bits per heavy atom. The van der Waals surface area contributed by atoms with Crippen LogP contribution in [-0.2, 0) is 0 Å². The zero-order chi connectivity index (χ0) is 13.7. The third-order valence-electron chi connectivity index (χ3n) is 3.34. The van der Waals surface area contributed by atoms with Gasteiger partial charge < -0.3 is 20.7 Å². The minimum atomic E-state index is 0.488. The zero-order valence-corrected chi connectivity index (χ0v) is 12.6. The molecule has 5 nitrogen and oxygen atoms in total.